The van der Waals surface area contributed by atoms with E-state index < -0.39 is 5.97 Å². The predicted octanol–water partition coefficient (Wildman–Crippen LogP) is 4.38. The summed E-state index contributed by atoms with van der Waals surface area (Å²) in [5.41, 5.74) is 1.23. The van der Waals surface area contributed by atoms with Gasteiger partial charge in [-0.05, 0) is 12.5 Å². The fraction of sp³-hybridized carbons (Fsp3) is 0.167. The molecule has 0 amide bonds. The quantitative estimate of drug-likeness (QED) is 0.915. The summed E-state index contributed by atoms with van der Waals surface area (Å²) in [4.78, 5) is 15.7. The van der Waals surface area contributed by atoms with Crippen molar-refractivity contribution in [1.29, 1.82) is 0 Å². The van der Waals surface area contributed by atoms with Crippen LogP contribution in [0.4, 0.5) is 0 Å². The zero-order valence-electron chi connectivity index (χ0n) is 9.41. The number of aryl methyl sites for hydroxylation is 1. The summed E-state index contributed by atoms with van der Waals surface area (Å²) in [5, 5.41) is 10.5. The third-order valence-corrected chi connectivity index (χ3v) is 4.35. The molecule has 0 unspecified atom stereocenters. The Hall–Kier alpha value is -1.10. The van der Waals surface area contributed by atoms with Crippen molar-refractivity contribution in [3.63, 3.8) is 0 Å². The standard InChI is InChI=1S/C12H9Cl2NO2S/c1-2-8-10(12(16)17)18-11(15-8)6-4-3-5-7(13)9(6)14/h3-5H,2H2,1H3,(H,16,17). The number of hydrogen-bond donors (Lipinski definition) is 1. The van der Waals surface area contributed by atoms with Crippen molar-refractivity contribution < 1.29 is 9.90 Å². The molecule has 6 heteroatoms. The Kier molecular flexibility index (Phi) is 3.90. The van der Waals surface area contributed by atoms with Crippen LogP contribution in [0.15, 0.2) is 18.2 Å². The van der Waals surface area contributed by atoms with E-state index in [-0.39, 0.29) is 4.88 Å². The number of halogens is 2. The molecule has 0 saturated carbocycles. The van der Waals surface area contributed by atoms with Gasteiger partial charge in [0.15, 0.2) is 0 Å². The zero-order chi connectivity index (χ0) is 13.3. The summed E-state index contributed by atoms with van der Waals surface area (Å²) < 4.78 is 0. The van der Waals surface area contributed by atoms with E-state index in [0.717, 1.165) is 11.3 Å². The second-order valence-electron chi connectivity index (χ2n) is 3.55. The minimum absolute atomic E-state index is 0.253. The lowest BCUT2D eigenvalue weighted by atomic mass is 10.2. The highest BCUT2D eigenvalue weighted by molar-refractivity contribution is 7.17. The number of carboxylic acids is 1. The van der Waals surface area contributed by atoms with Crippen molar-refractivity contribution in [1.82, 2.24) is 4.98 Å². The summed E-state index contributed by atoms with van der Waals surface area (Å²) in [5.74, 6) is -0.964. The molecule has 0 saturated heterocycles. The molecular formula is C12H9Cl2NO2S. The Morgan fingerprint density at radius 3 is 2.72 bits per heavy atom. The smallest absolute Gasteiger partial charge is 0.347 e. The van der Waals surface area contributed by atoms with Gasteiger partial charge in [0, 0.05) is 5.56 Å². The van der Waals surface area contributed by atoms with Crippen molar-refractivity contribution >= 4 is 40.5 Å². The topological polar surface area (TPSA) is 50.2 Å². The lowest BCUT2D eigenvalue weighted by molar-refractivity contribution is 0.0701. The maximum Gasteiger partial charge on any atom is 0.347 e. The van der Waals surface area contributed by atoms with Crippen molar-refractivity contribution in [2.45, 2.75) is 13.3 Å². The van der Waals surface area contributed by atoms with Crippen molar-refractivity contribution in [3.8, 4) is 10.6 Å². The van der Waals surface area contributed by atoms with Gasteiger partial charge in [0.1, 0.15) is 9.88 Å². The number of thiazole rings is 1. The van der Waals surface area contributed by atoms with Crippen LogP contribution in [0, 0.1) is 0 Å². The summed E-state index contributed by atoms with van der Waals surface area (Å²) in [6.45, 7) is 1.87. The van der Waals surface area contributed by atoms with Crippen molar-refractivity contribution in [2.75, 3.05) is 0 Å². The summed E-state index contributed by atoms with van der Waals surface area (Å²) in [6, 6.07) is 5.22. The zero-order valence-corrected chi connectivity index (χ0v) is 11.7. The number of carbonyl (C=O) groups is 1. The lowest BCUT2D eigenvalue weighted by Crippen LogP contribution is -1.97. The van der Waals surface area contributed by atoms with Crippen LogP contribution >= 0.6 is 34.5 Å². The van der Waals surface area contributed by atoms with E-state index in [2.05, 4.69) is 4.98 Å². The largest absolute Gasteiger partial charge is 0.477 e. The van der Waals surface area contributed by atoms with E-state index in [9.17, 15) is 4.79 Å². The Bertz CT molecular complexity index is 610. The third kappa shape index (κ3) is 2.36. The van der Waals surface area contributed by atoms with Crippen LogP contribution < -0.4 is 0 Å². The second kappa shape index (κ2) is 5.26. The van der Waals surface area contributed by atoms with Gasteiger partial charge in [-0.3, -0.25) is 0 Å². The number of nitrogens with zero attached hydrogens (tertiary/aromatic N) is 1. The van der Waals surface area contributed by atoms with Crippen LogP contribution in [0.3, 0.4) is 0 Å². The molecule has 3 nitrogen and oxygen atoms in total. The number of carboxylic acid groups (broad SMARTS) is 1. The van der Waals surface area contributed by atoms with Gasteiger partial charge in [0.05, 0.1) is 15.7 Å². The van der Waals surface area contributed by atoms with Crippen molar-refractivity contribution in [3.05, 3.63) is 38.8 Å². The molecule has 0 spiro atoms. The summed E-state index contributed by atoms with van der Waals surface area (Å²) in [6.07, 6.45) is 0.566. The highest BCUT2D eigenvalue weighted by atomic mass is 35.5. The van der Waals surface area contributed by atoms with E-state index in [1.807, 2.05) is 6.92 Å². The van der Waals surface area contributed by atoms with Gasteiger partial charge in [-0.25, -0.2) is 9.78 Å². The van der Waals surface area contributed by atoms with Gasteiger partial charge in [-0.2, -0.15) is 0 Å². The number of hydrogen-bond acceptors (Lipinski definition) is 3. The Morgan fingerprint density at radius 2 is 2.17 bits per heavy atom. The van der Waals surface area contributed by atoms with E-state index in [1.165, 1.54) is 0 Å². The molecule has 2 rings (SSSR count). The molecule has 1 aromatic carbocycles. The van der Waals surface area contributed by atoms with Crippen LogP contribution in [0.2, 0.25) is 10.0 Å². The molecule has 0 bridgehead atoms. The van der Waals surface area contributed by atoms with Gasteiger partial charge >= 0.3 is 5.97 Å². The SMILES string of the molecule is CCc1nc(-c2cccc(Cl)c2Cl)sc1C(=O)O. The molecule has 0 atom stereocenters. The van der Waals surface area contributed by atoms with E-state index in [1.54, 1.807) is 18.2 Å². The maximum absolute atomic E-state index is 11.1. The Balaban J connectivity index is 2.58. The molecule has 1 N–H and O–H groups in total. The highest BCUT2D eigenvalue weighted by Crippen LogP contribution is 2.36. The average molecular weight is 302 g/mol. The summed E-state index contributed by atoms with van der Waals surface area (Å²) in [7, 11) is 0. The van der Waals surface area contributed by atoms with Crippen LogP contribution in [0.1, 0.15) is 22.3 Å². The molecule has 94 valence electrons. The molecule has 18 heavy (non-hydrogen) atoms. The van der Waals surface area contributed by atoms with Gasteiger partial charge in [-0.1, -0.05) is 42.3 Å². The molecule has 2 aromatic rings. The molecule has 0 aliphatic rings. The molecule has 0 aliphatic heterocycles. The minimum Gasteiger partial charge on any atom is -0.477 e. The van der Waals surface area contributed by atoms with E-state index in [0.29, 0.717) is 32.7 Å². The van der Waals surface area contributed by atoms with Crippen molar-refractivity contribution in [2.24, 2.45) is 0 Å². The first-order chi connectivity index (χ1) is 8.54. The average Bonchev–Trinajstić information content (AvgIpc) is 2.76. The van der Waals surface area contributed by atoms with Crippen LogP contribution in [0.5, 0.6) is 0 Å². The van der Waals surface area contributed by atoms with Crippen LogP contribution in [-0.2, 0) is 6.42 Å². The molecular weight excluding hydrogens is 293 g/mol. The molecule has 0 aliphatic carbocycles. The normalized spacial score (nSPS) is 10.6. The molecule has 1 heterocycles. The van der Waals surface area contributed by atoms with Gasteiger partial charge < -0.3 is 5.11 Å². The maximum atomic E-state index is 11.1. The number of aromatic nitrogens is 1. The third-order valence-electron chi connectivity index (χ3n) is 2.41. The Morgan fingerprint density at radius 1 is 1.44 bits per heavy atom. The fourth-order valence-corrected chi connectivity index (χ4v) is 3.01. The van der Waals surface area contributed by atoms with Crippen LogP contribution in [0.25, 0.3) is 10.6 Å². The first-order valence-electron chi connectivity index (χ1n) is 5.22. The van der Waals surface area contributed by atoms with Crippen LogP contribution in [-0.4, -0.2) is 16.1 Å². The van der Waals surface area contributed by atoms with Gasteiger partial charge in [0.2, 0.25) is 0 Å². The first kappa shape index (κ1) is 13.3. The predicted molar refractivity (Wildman–Crippen MR) is 73.9 cm³/mol. The number of aromatic carboxylic acids is 1. The lowest BCUT2D eigenvalue weighted by Gasteiger charge is -2.01. The Labute approximate surface area is 118 Å². The highest BCUT2D eigenvalue weighted by Gasteiger charge is 2.18. The minimum atomic E-state index is -0.964. The second-order valence-corrected chi connectivity index (χ2v) is 5.34. The first-order valence-corrected chi connectivity index (χ1v) is 6.79. The monoisotopic (exact) mass is 301 g/mol. The van der Waals surface area contributed by atoms with E-state index in [4.69, 9.17) is 28.3 Å². The van der Waals surface area contributed by atoms with Gasteiger partial charge in [-0.15, -0.1) is 11.3 Å². The van der Waals surface area contributed by atoms with E-state index >= 15 is 0 Å². The van der Waals surface area contributed by atoms with Gasteiger partial charge in [0.25, 0.3) is 0 Å². The number of rotatable bonds is 3. The molecule has 0 fully saturated rings. The molecule has 1 aromatic heterocycles. The molecule has 0 radical (unpaired) electrons. The number of benzene rings is 1. The fourth-order valence-electron chi connectivity index (χ4n) is 1.54. The summed E-state index contributed by atoms with van der Waals surface area (Å²) >= 11 is 13.1.